The molecule has 0 radical (unpaired) electrons. The fourth-order valence-corrected chi connectivity index (χ4v) is 2.23. The van der Waals surface area contributed by atoms with Crippen molar-refractivity contribution in [1.82, 2.24) is 10.1 Å². The number of carbonyl (C=O) groups is 2. The summed E-state index contributed by atoms with van der Waals surface area (Å²) >= 11 is 0. The number of hydrogen-bond acceptors (Lipinski definition) is 5. The van der Waals surface area contributed by atoms with Crippen LogP contribution in [0.2, 0.25) is 0 Å². The third-order valence-electron chi connectivity index (χ3n) is 3.17. The van der Waals surface area contributed by atoms with Crippen molar-refractivity contribution in [3.05, 3.63) is 17.5 Å². The first-order valence-corrected chi connectivity index (χ1v) is 6.51. The van der Waals surface area contributed by atoms with Gasteiger partial charge in [0.1, 0.15) is 0 Å². The van der Waals surface area contributed by atoms with Crippen molar-refractivity contribution in [2.24, 2.45) is 5.92 Å². The summed E-state index contributed by atoms with van der Waals surface area (Å²) < 4.78 is 9.97. The van der Waals surface area contributed by atoms with Crippen molar-refractivity contribution in [2.45, 2.75) is 26.7 Å². The number of esters is 1. The molecule has 1 aliphatic rings. The summed E-state index contributed by atoms with van der Waals surface area (Å²) in [5.41, 5.74) is 0.669. The smallest absolute Gasteiger partial charge is 0.310 e. The SMILES string of the molecule is CCOC(=O)[C@H]1CCCN(C(=O)c2cc(C)no2)C1. The molecule has 1 aromatic rings. The highest BCUT2D eigenvalue weighted by atomic mass is 16.5. The van der Waals surface area contributed by atoms with Gasteiger partial charge in [0.05, 0.1) is 18.2 Å². The molecular formula is C13H18N2O4. The van der Waals surface area contributed by atoms with E-state index in [2.05, 4.69) is 5.16 Å². The van der Waals surface area contributed by atoms with Gasteiger partial charge in [-0.1, -0.05) is 5.16 Å². The summed E-state index contributed by atoms with van der Waals surface area (Å²) in [4.78, 5) is 25.5. The van der Waals surface area contributed by atoms with E-state index in [4.69, 9.17) is 9.26 Å². The Kier molecular flexibility index (Phi) is 4.19. The fraction of sp³-hybridized carbons (Fsp3) is 0.615. The van der Waals surface area contributed by atoms with Crippen LogP contribution in [0.5, 0.6) is 0 Å². The van der Waals surface area contributed by atoms with Crippen LogP contribution in [0.1, 0.15) is 36.0 Å². The Bertz CT molecular complexity index is 469. The number of piperidine rings is 1. The topological polar surface area (TPSA) is 72.6 Å². The molecule has 1 atom stereocenters. The number of rotatable bonds is 3. The summed E-state index contributed by atoms with van der Waals surface area (Å²) in [6.45, 7) is 4.93. The minimum Gasteiger partial charge on any atom is -0.466 e. The van der Waals surface area contributed by atoms with E-state index in [9.17, 15) is 9.59 Å². The Morgan fingerprint density at radius 1 is 1.58 bits per heavy atom. The second-order valence-electron chi connectivity index (χ2n) is 4.67. The highest BCUT2D eigenvalue weighted by molar-refractivity contribution is 5.92. The van der Waals surface area contributed by atoms with Crippen molar-refractivity contribution >= 4 is 11.9 Å². The molecule has 0 bridgehead atoms. The van der Waals surface area contributed by atoms with E-state index >= 15 is 0 Å². The van der Waals surface area contributed by atoms with Gasteiger partial charge in [-0.3, -0.25) is 9.59 Å². The van der Waals surface area contributed by atoms with Crippen molar-refractivity contribution in [2.75, 3.05) is 19.7 Å². The normalized spacial score (nSPS) is 19.3. The van der Waals surface area contributed by atoms with E-state index < -0.39 is 0 Å². The van der Waals surface area contributed by atoms with Crippen LogP contribution in [0.4, 0.5) is 0 Å². The number of carbonyl (C=O) groups excluding carboxylic acids is 2. The van der Waals surface area contributed by atoms with Gasteiger partial charge in [0.25, 0.3) is 5.91 Å². The second kappa shape index (κ2) is 5.86. The first-order valence-electron chi connectivity index (χ1n) is 6.51. The summed E-state index contributed by atoms with van der Waals surface area (Å²) in [5, 5.41) is 3.70. The molecule has 104 valence electrons. The lowest BCUT2D eigenvalue weighted by molar-refractivity contribution is -0.149. The average Bonchev–Trinajstić information content (AvgIpc) is 2.85. The Morgan fingerprint density at radius 3 is 3.00 bits per heavy atom. The van der Waals surface area contributed by atoms with Crippen molar-refractivity contribution in [1.29, 1.82) is 0 Å². The summed E-state index contributed by atoms with van der Waals surface area (Å²) in [7, 11) is 0. The van der Waals surface area contributed by atoms with Gasteiger partial charge in [0.2, 0.25) is 5.76 Å². The highest BCUT2D eigenvalue weighted by Gasteiger charge is 2.31. The lowest BCUT2D eigenvalue weighted by Crippen LogP contribution is -2.42. The first-order chi connectivity index (χ1) is 9.11. The summed E-state index contributed by atoms with van der Waals surface area (Å²) in [6.07, 6.45) is 1.56. The maximum Gasteiger partial charge on any atom is 0.310 e. The maximum absolute atomic E-state index is 12.2. The first kappa shape index (κ1) is 13.6. The second-order valence-corrected chi connectivity index (χ2v) is 4.67. The molecule has 1 amide bonds. The third kappa shape index (κ3) is 3.13. The van der Waals surface area contributed by atoms with Crippen molar-refractivity contribution < 1.29 is 18.8 Å². The molecule has 0 spiro atoms. The molecule has 1 fully saturated rings. The van der Waals surface area contributed by atoms with Gasteiger partial charge in [0.15, 0.2) is 0 Å². The Labute approximate surface area is 111 Å². The largest absolute Gasteiger partial charge is 0.466 e. The van der Waals surface area contributed by atoms with Crippen molar-refractivity contribution in [3.63, 3.8) is 0 Å². The fourth-order valence-electron chi connectivity index (χ4n) is 2.23. The molecule has 2 rings (SSSR count). The van der Waals surface area contributed by atoms with Crippen LogP contribution >= 0.6 is 0 Å². The van der Waals surface area contributed by atoms with E-state index in [1.165, 1.54) is 0 Å². The molecular weight excluding hydrogens is 248 g/mol. The number of aromatic nitrogens is 1. The zero-order chi connectivity index (χ0) is 13.8. The van der Waals surface area contributed by atoms with Crippen LogP contribution in [0, 0.1) is 12.8 Å². The summed E-state index contributed by atoms with van der Waals surface area (Å²) in [6, 6.07) is 1.61. The molecule has 0 aliphatic carbocycles. The number of likely N-dealkylation sites (tertiary alicyclic amines) is 1. The standard InChI is InChI=1S/C13H18N2O4/c1-3-18-13(17)10-5-4-6-15(8-10)12(16)11-7-9(2)14-19-11/h7,10H,3-6,8H2,1-2H3/t10-/m0/s1. The van der Waals surface area contributed by atoms with Crippen molar-refractivity contribution in [3.8, 4) is 0 Å². The number of nitrogens with zero attached hydrogens (tertiary/aromatic N) is 2. The minimum atomic E-state index is -0.235. The molecule has 0 unspecified atom stereocenters. The molecule has 19 heavy (non-hydrogen) atoms. The monoisotopic (exact) mass is 266 g/mol. The predicted octanol–water partition coefficient (Wildman–Crippen LogP) is 1.40. The summed E-state index contributed by atoms with van der Waals surface area (Å²) in [5.74, 6) is -0.452. The van der Waals surface area contributed by atoms with Gasteiger partial charge in [0, 0.05) is 19.2 Å². The Balaban J connectivity index is 2.01. The lowest BCUT2D eigenvalue weighted by Gasteiger charge is -2.30. The molecule has 1 saturated heterocycles. The van der Waals surface area contributed by atoms with E-state index in [1.807, 2.05) is 0 Å². The number of hydrogen-bond donors (Lipinski definition) is 0. The van der Waals surface area contributed by atoms with Crippen LogP contribution in [0.3, 0.4) is 0 Å². The Hall–Kier alpha value is -1.85. The molecule has 1 aliphatic heterocycles. The average molecular weight is 266 g/mol. The van der Waals surface area contributed by atoms with Crippen LogP contribution in [0.25, 0.3) is 0 Å². The molecule has 0 N–H and O–H groups in total. The number of aryl methyl sites for hydroxylation is 1. The van der Waals surface area contributed by atoms with Gasteiger partial charge in [-0.15, -0.1) is 0 Å². The number of ether oxygens (including phenoxy) is 1. The van der Waals surface area contributed by atoms with Gasteiger partial charge < -0.3 is 14.2 Å². The molecule has 2 heterocycles. The quantitative estimate of drug-likeness (QED) is 0.773. The minimum absolute atomic E-state index is 0.213. The van der Waals surface area contributed by atoms with E-state index in [-0.39, 0.29) is 23.6 Å². The molecule has 1 aromatic heterocycles. The number of amides is 1. The van der Waals surface area contributed by atoms with Crippen LogP contribution in [-0.4, -0.2) is 41.6 Å². The lowest BCUT2D eigenvalue weighted by atomic mass is 9.98. The van der Waals surface area contributed by atoms with Gasteiger partial charge in [-0.25, -0.2) is 0 Å². The van der Waals surface area contributed by atoms with Crippen LogP contribution in [0.15, 0.2) is 10.6 Å². The van der Waals surface area contributed by atoms with E-state index in [0.29, 0.717) is 25.4 Å². The highest BCUT2D eigenvalue weighted by Crippen LogP contribution is 2.20. The zero-order valence-electron chi connectivity index (χ0n) is 11.2. The zero-order valence-corrected chi connectivity index (χ0v) is 11.2. The van der Waals surface area contributed by atoms with E-state index in [1.54, 1.807) is 24.8 Å². The van der Waals surface area contributed by atoms with Crippen LogP contribution < -0.4 is 0 Å². The third-order valence-corrected chi connectivity index (χ3v) is 3.17. The molecule has 6 heteroatoms. The van der Waals surface area contributed by atoms with Gasteiger partial charge in [-0.2, -0.15) is 0 Å². The predicted molar refractivity (Wildman–Crippen MR) is 66.5 cm³/mol. The molecule has 0 saturated carbocycles. The maximum atomic E-state index is 12.2. The Morgan fingerprint density at radius 2 is 2.37 bits per heavy atom. The van der Waals surface area contributed by atoms with Gasteiger partial charge >= 0.3 is 5.97 Å². The van der Waals surface area contributed by atoms with Crippen LogP contribution in [-0.2, 0) is 9.53 Å². The van der Waals surface area contributed by atoms with Gasteiger partial charge in [-0.05, 0) is 26.7 Å². The molecule has 0 aromatic carbocycles. The van der Waals surface area contributed by atoms with E-state index in [0.717, 1.165) is 12.8 Å². The molecule has 6 nitrogen and oxygen atoms in total.